The number of fused-ring (bicyclic) bond motifs is 1. The number of rotatable bonds is 1. The van der Waals surface area contributed by atoms with Gasteiger partial charge in [-0.05, 0) is 56.0 Å². The fourth-order valence-corrected chi connectivity index (χ4v) is 4.96. The lowest BCUT2D eigenvalue weighted by Gasteiger charge is -2.39. The van der Waals surface area contributed by atoms with Crippen molar-refractivity contribution < 1.29 is 23.8 Å². The summed E-state index contributed by atoms with van der Waals surface area (Å²) < 4.78 is 25.5. The minimum atomic E-state index is -1.00. The second-order valence-corrected chi connectivity index (χ2v) is 10.2. The first kappa shape index (κ1) is 22.7. The first-order valence-electron chi connectivity index (χ1n) is 11.6. The molecule has 2 aromatic carbocycles. The third-order valence-electron chi connectivity index (χ3n) is 6.60. The number of nitrogens with zero attached hydrogens (tertiary/aromatic N) is 3. The van der Waals surface area contributed by atoms with Crippen LogP contribution in [0.15, 0.2) is 53.5 Å². The van der Waals surface area contributed by atoms with Crippen LogP contribution >= 0.6 is 0 Å². The van der Waals surface area contributed by atoms with Gasteiger partial charge in [0.2, 0.25) is 0 Å². The van der Waals surface area contributed by atoms with Gasteiger partial charge in [0.05, 0.1) is 25.7 Å². The number of hydrogen-bond acceptors (Lipinski definition) is 6. The lowest BCUT2D eigenvalue weighted by molar-refractivity contribution is -0.0185. The first-order chi connectivity index (χ1) is 16.2. The van der Waals surface area contributed by atoms with Gasteiger partial charge in [0.25, 0.3) is 6.02 Å². The minimum Gasteiger partial charge on any atom is -0.452 e. The molecule has 5 rings (SSSR count). The fourth-order valence-electron chi connectivity index (χ4n) is 4.96. The summed E-state index contributed by atoms with van der Waals surface area (Å²) in [7, 11) is 0. The highest BCUT2D eigenvalue weighted by atomic mass is 19.1. The van der Waals surface area contributed by atoms with E-state index in [1.807, 2.05) is 32.9 Å². The number of benzene rings is 2. The normalized spacial score (nSPS) is 26.3. The number of aliphatic hydroxyl groups excluding tert-OH is 1. The first-order valence-corrected chi connectivity index (χ1v) is 11.6. The van der Waals surface area contributed by atoms with E-state index in [9.17, 15) is 14.3 Å². The van der Waals surface area contributed by atoms with Gasteiger partial charge in [0.15, 0.2) is 5.60 Å². The predicted octanol–water partition coefficient (Wildman–Crippen LogP) is 3.51. The van der Waals surface area contributed by atoms with E-state index in [1.54, 1.807) is 12.1 Å². The van der Waals surface area contributed by atoms with E-state index in [0.29, 0.717) is 12.6 Å². The Kier molecular flexibility index (Phi) is 5.51. The second-order valence-electron chi connectivity index (χ2n) is 10.2. The largest absolute Gasteiger partial charge is 0.452 e. The molecule has 0 saturated carbocycles. The standard InChI is InChI=1S/C26H30FN3O4/c1-25(2,3)34-24(32)29-14-21(31)26(16-29)15-28-23(33-26)30-13-12-17-6-4-5-7-20(17)22(30)18-8-10-19(27)11-9-18/h4-11,21-22,31H,12-16H2,1-3H3/t21-,22-,26-/m0/s1. The summed E-state index contributed by atoms with van der Waals surface area (Å²) in [6, 6.07) is 15.0. The second kappa shape index (κ2) is 8.27. The van der Waals surface area contributed by atoms with Crippen LogP contribution in [0.1, 0.15) is 43.5 Å². The lowest BCUT2D eigenvalue weighted by Crippen LogP contribution is -2.49. The Labute approximate surface area is 198 Å². The monoisotopic (exact) mass is 467 g/mol. The summed E-state index contributed by atoms with van der Waals surface area (Å²) in [5.41, 5.74) is 1.66. The smallest absolute Gasteiger partial charge is 0.410 e. The minimum absolute atomic E-state index is 0.127. The number of ether oxygens (including phenoxy) is 2. The van der Waals surface area contributed by atoms with Crippen LogP contribution in [0.25, 0.3) is 0 Å². The van der Waals surface area contributed by atoms with Gasteiger partial charge < -0.3 is 24.4 Å². The quantitative estimate of drug-likeness (QED) is 0.695. The summed E-state index contributed by atoms with van der Waals surface area (Å²) in [6.45, 7) is 6.67. The molecular weight excluding hydrogens is 437 g/mol. The van der Waals surface area contributed by atoms with Crippen molar-refractivity contribution in [1.29, 1.82) is 0 Å². The lowest BCUT2D eigenvalue weighted by atomic mass is 9.88. The molecule has 1 amide bonds. The van der Waals surface area contributed by atoms with E-state index in [-0.39, 0.29) is 31.5 Å². The fraction of sp³-hybridized carbons (Fsp3) is 0.462. The van der Waals surface area contributed by atoms with E-state index in [0.717, 1.165) is 17.5 Å². The number of aliphatic imine (C=N–C) groups is 1. The van der Waals surface area contributed by atoms with E-state index in [1.165, 1.54) is 22.6 Å². The molecule has 1 saturated heterocycles. The van der Waals surface area contributed by atoms with Gasteiger partial charge in [0.1, 0.15) is 17.5 Å². The van der Waals surface area contributed by atoms with Crippen LogP contribution in [0.5, 0.6) is 0 Å². The third-order valence-corrected chi connectivity index (χ3v) is 6.60. The van der Waals surface area contributed by atoms with Gasteiger partial charge in [-0.25, -0.2) is 14.2 Å². The summed E-state index contributed by atoms with van der Waals surface area (Å²) in [5, 5.41) is 10.9. The number of β-amino-alcohol motifs (C(OH)–C–C–N with tert-alkyl or cyclic N) is 1. The molecule has 2 aromatic rings. The topological polar surface area (TPSA) is 74.6 Å². The van der Waals surface area contributed by atoms with Crippen molar-refractivity contribution in [1.82, 2.24) is 9.80 Å². The SMILES string of the molecule is CC(C)(C)OC(=O)N1C[C@H](O)[C@]2(CN=C(N3CCc4ccccc4[C@@H]3c3ccc(F)cc3)O2)C1. The van der Waals surface area contributed by atoms with E-state index in [2.05, 4.69) is 22.0 Å². The molecule has 1 N–H and O–H groups in total. The van der Waals surface area contributed by atoms with Gasteiger partial charge in [-0.1, -0.05) is 36.4 Å². The van der Waals surface area contributed by atoms with Gasteiger partial charge >= 0.3 is 6.09 Å². The van der Waals surface area contributed by atoms with Crippen LogP contribution < -0.4 is 0 Å². The van der Waals surface area contributed by atoms with Gasteiger partial charge in [0, 0.05) is 6.54 Å². The maximum absolute atomic E-state index is 13.7. The number of aliphatic hydroxyl groups is 1. The van der Waals surface area contributed by atoms with E-state index in [4.69, 9.17) is 9.47 Å². The Morgan fingerprint density at radius 1 is 1.21 bits per heavy atom. The Morgan fingerprint density at radius 2 is 1.94 bits per heavy atom. The van der Waals surface area contributed by atoms with Crippen molar-refractivity contribution >= 4 is 12.1 Å². The summed E-state index contributed by atoms with van der Waals surface area (Å²) >= 11 is 0. The summed E-state index contributed by atoms with van der Waals surface area (Å²) in [6.07, 6.45) is -0.547. The molecule has 0 aromatic heterocycles. The highest BCUT2D eigenvalue weighted by Gasteiger charge is 2.54. The van der Waals surface area contributed by atoms with Crippen LogP contribution in [0.2, 0.25) is 0 Å². The molecule has 0 radical (unpaired) electrons. The zero-order chi connectivity index (χ0) is 24.1. The molecule has 0 aliphatic carbocycles. The summed E-state index contributed by atoms with van der Waals surface area (Å²) in [4.78, 5) is 20.8. The van der Waals surface area contributed by atoms with Crippen molar-refractivity contribution in [3.8, 4) is 0 Å². The predicted molar refractivity (Wildman–Crippen MR) is 125 cm³/mol. The van der Waals surface area contributed by atoms with Crippen molar-refractivity contribution in [3.05, 3.63) is 71.0 Å². The van der Waals surface area contributed by atoms with Crippen molar-refractivity contribution in [2.24, 2.45) is 4.99 Å². The zero-order valence-corrected chi connectivity index (χ0v) is 19.7. The molecule has 8 heteroatoms. The number of halogens is 1. The average molecular weight is 468 g/mol. The third kappa shape index (κ3) is 4.11. The number of carbonyl (C=O) groups is 1. The number of hydrogen-bond donors (Lipinski definition) is 1. The van der Waals surface area contributed by atoms with Crippen LogP contribution in [0.4, 0.5) is 9.18 Å². The van der Waals surface area contributed by atoms with Gasteiger partial charge in [-0.2, -0.15) is 0 Å². The maximum atomic E-state index is 13.7. The number of amides is 1. The van der Waals surface area contributed by atoms with Crippen LogP contribution in [0, 0.1) is 5.82 Å². The summed E-state index contributed by atoms with van der Waals surface area (Å²) in [5.74, 6) is -0.288. The molecule has 3 heterocycles. The Hall–Kier alpha value is -3.13. The Morgan fingerprint density at radius 3 is 2.68 bits per heavy atom. The highest BCUT2D eigenvalue weighted by molar-refractivity contribution is 5.78. The molecule has 3 atom stereocenters. The zero-order valence-electron chi connectivity index (χ0n) is 19.7. The van der Waals surface area contributed by atoms with Crippen molar-refractivity contribution in [3.63, 3.8) is 0 Å². The Balaban J connectivity index is 1.40. The number of likely N-dealkylation sites (tertiary alicyclic amines) is 1. The Bertz CT molecular complexity index is 1110. The molecule has 1 fully saturated rings. The highest BCUT2D eigenvalue weighted by Crippen LogP contribution is 2.39. The molecule has 3 aliphatic rings. The van der Waals surface area contributed by atoms with Crippen LogP contribution in [0.3, 0.4) is 0 Å². The molecule has 1 spiro atoms. The van der Waals surface area contributed by atoms with Gasteiger partial charge in [-0.15, -0.1) is 0 Å². The maximum Gasteiger partial charge on any atom is 0.410 e. The van der Waals surface area contributed by atoms with Crippen molar-refractivity contribution in [2.75, 3.05) is 26.2 Å². The molecule has 34 heavy (non-hydrogen) atoms. The van der Waals surface area contributed by atoms with Crippen LogP contribution in [-0.2, 0) is 15.9 Å². The van der Waals surface area contributed by atoms with Gasteiger partial charge in [-0.3, -0.25) is 0 Å². The molecule has 7 nitrogen and oxygen atoms in total. The number of carbonyl (C=O) groups excluding carboxylic acids is 1. The molecule has 0 bridgehead atoms. The molecule has 180 valence electrons. The molecule has 0 unspecified atom stereocenters. The molecular formula is C26H30FN3O4. The van der Waals surface area contributed by atoms with Crippen LogP contribution in [-0.4, -0.2) is 70.5 Å². The van der Waals surface area contributed by atoms with Crippen molar-refractivity contribution in [2.45, 2.75) is 50.5 Å². The average Bonchev–Trinajstić information content (AvgIpc) is 3.36. The van der Waals surface area contributed by atoms with E-state index < -0.39 is 23.4 Å². The number of amidine groups is 1. The van der Waals surface area contributed by atoms with E-state index >= 15 is 0 Å². The molecule has 3 aliphatic heterocycles.